The second-order valence-corrected chi connectivity index (χ2v) is 12.6. The summed E-state index contributed by atoms with van der Waals surface area (Å²) in [4.78, 5) is 0. The van der Waals surface area contributed by atoms with Crippen LogP contribution in [0.15, 0.2) is 23.0 Å². The maximum Gasteiger partial charge on any atom is 0.0937 e. The zero-order chi connectivity index (χ0) is 24.7. The summed E-state index contributed by atoms with van der Waals surface area (Å²) >= 11 is 0. The van der Waals surface area contributed by atoms with Gasteiger partial charge in [0.15, 0.2) is 0 Å². The lowest BCUT2D eigenvalue weighted by Gasteiger charge is -2.63. The number of furan rings is 1. The van der Waals surface area contributed by atoms with Crippen LogP contribution in [0.25, 0.3) is 0 Å². The Balaban J connectivity index is 1.18. The molecule has 0 aliphatic heterocycles. The standard InChI is InChI=1S/C29H47NO5/c1-27-10-6-23(35-14-3-13-33-19-22(31)17-30)16-21(27)4-5-26-25(27)7-11-28(2)24(8-12-29(26,28)32)20-9-15-34-18-20/h9,15,18,21-26,31-32H,3-8,10-14,16-17,19,30H2,1-2H3/t21-,22?,23+,24-,25+,26-,27+,28-,29+/m1/s1. The Morgan fingerprint density at radius 1 is 1.09 bits per heavy atom. The Bertz CT molecular complexity index is 831. The molecular formula is C29H47NO5. The number of hydrogen-bond acceptors (Lipinski definition) is 6. The highest BCUT2D eigenvalue weighted by atomic mass is 16.5. The summed E-state index contributed by atoms with van der Waals surface area (Å²) < 4.78 is 17.2. The molecule has 4 fully saturated rings. The van der Waals surface area contributed by atoms with Gasteiger partial charge < -0.3 is 29.8 Å². The number of ether oxygens (including phenoxy) is 2. The summed E-state index contributed by atoms with van der Waals surface area (Å²) in [5.41, 5.74) is 6.39. The first kappa shape index (κ1) is 25.7. The predicted octanol–water partition coefficient (Wildman–Crippen LogP) is 4.63. The van der Waals surface area contributed by atoms with Crippen molar-refractivity contribution in [3.63, 3.8) is 0 Å². The quantitative estimate of drug-likeness (QED) is 0.438. The van der Waals surface area contributed by atoms with E-state index < -0.39 is 11.7 Å². The highest BCUT2D eigenvalue weighted by molar-refractivity contribution is 5.26. The van der Waals surface area contributed by atoms with Crippen LogP contribution in [0.1, 0.15) is 89.5 Å². The first-order chi connectivity index (χ1) is 16.8. The van der Waals surface area contributed by atoms with E-state index in [2.05, 4.69) is 19.9 Å². The average Bonchev–Trinajstić information content (AvgIpc) is 3.47. The second kappa shape index (κ2) is 10.1. The van der Waals surface area contributed by atoms with Gasteiger partial charge in [0.25, 0.3) is 0 Å². The minimum Gasteiger partial charge on any atom is -0.472 e. The van der Waals surface area contributed by atoms with Gasteiger partial charge in [-0.1, -0.05) is 13.8 Å². The molecule has 0 radical (unpaired) electrons. The molecule has 0 amide bonds. The van der Waals surface area contributed by atoms with Crippen molar-refractivity contribution in [2.45, 2.75) is 102 Å². The Morgan fingerprint density at radius 2 is 1.94 bits per heavy atom. The van der Waals surface area contributed by atoms with E-state index in [9.17, 15) is 10.2 Å². The highest BCUT2D eigenvalue weighted by Crippen LogP contribution is 2.70. The van der Waals surface area contributed by atoms with Gasteiger partial charge in [0, 0.05) is 25.2 Å². The van der Waals surface area contributed by atoms with Gasteiger partial charge in [-0.15, -0.1) is 0 Å². The van der Waals surface area contributed by atoms with Crippen molar-refractivity contribution in [2.24, 2.45) is 34.3 Å². The molecular weight excluding hydrogens is 442 g/mol. The van der Waals surface area contributed by atoms with Crippen LogP contribution < -0.4 is 5.73 Å². The highest BCUT2D eigenvalue weighted by Gasteiger charge is 2.67. The Kier molecular flexibility index (Phi) is 7.42. The number of aliphatic hydroxyl groups is 2. The lowest BCUT2D eigenvalue weighted by Crippen LogP contribution is -2.62. The first-order valence-electron chi connectivity index (χ1n) is 14.1. The molecule has 5 rings (SSSR count). The maximum absolute atomic E-state index is 12.3. The largest absolute Gasteiger partial charge is 0.472 e. The molecule has 4 N–H and O–H groups in total. The third kappa shape index (κ3) is 4.41. The SMILES string of the molecule is C[C@]12CC[C@H](OCCCOCC(O)CN)C[C@H]1CC[C@@H]1[C@@H]2CC[C@]2(C)[C@@H](c3ccoc3)CC[C@]12O. The van der Waals surface area contributed by atoms with E-state index in [-0.39, 0.29) is 12.0 Å². The van der Waals surface area contributed by atoms with Crippen molar-refractivity contribution in [1.82, 2.24) is 0 Å². The van der Waals surface area contributed by atoms with Crippen molar-refractivity contribution < 1.29 is 24.1 Å². The molecule has 0 bridgehead atoms. The van der Waals surface area contributed by atoms with Gasteiger partial charge in [-0.2, -0.15) is 0 Å². The first-order valence-corrected chi connectivity index (χ1v) is 14.1. The normalized spacial score (nSPS) is 43.9. The topological polar surface area (TPSA) is 98.1 Å². The van der Waals surface area contributed by atoms with Crippen LogP contribution in [-0.2, 0) is 9.47 Å². The zero-order valence-corrected chi connectivity index (χ0v) is 21.8. The predicted molar refractivity (Wildman–Crippen MR) is 135 cm³/mol. The van der Waals surface area contributed by atoms with E-state index in [1.54, 1.807) is 6.26 Å². The lowest BCUT2D eigenvalue weighted by molar-refractivity contribution is -0.207. The maximum atomic E-state index is 12.3. The van der Waals surface area contributed by atoms with Crippen LogP contribution in [0.5, 0.6) is 0 Å². The molecule has 6 heteroatoms. The lowest BCUT2D eigenvalue weighted by atomic mass is 9.43. The summed E-state index contributed by atoms with van der Waals surface area (Å²) in [6.45, 7) is 6.76. The fourth-order valence-corrected chi connectivity index (χ4v) is 9.04. The summed E-state index contributed by atoms with van der Waals surface area (Å²) in [7, 11) is 0. The minimum atomic E-state index is -0.571. The van der Waals surface area contributed by atoms with Gasteiger partial charge in [-0.05, 0) is 105 Å². The van der Waals surface area contributed by atoms with Gasteiger partial charge in [-0.3, -0.25) is 0 Å². The van der Waals surface area contributed by atoms with Crippen molar-refractivity contribution in [3.8, 4) is 0 Å². The van der Waals surface area contributed by atoms with E-state index in [1.165, 1.54) is 24.8 Å². The van der Waals surface area contributed by atoms with Crippen LogP contribution in [0, 0.1) is 28.6 Å². The average molecular weight is 490 g/mol. The Hall–Kier alpha value is -0.920. The van der Waals surface area contributed by atoms with Crippen LogP contribution >= 0.6 is 0 Å². The summed E-state index contributed by atoms with van der Waals surface area (Å²) in [6.07, 6.45) is 14.5. The third-order valence-electron chi connectivity index (χ3n) is 11.1. The second-order valence-electron chi connectivity index (χ2n) is 12.6. The van der Waals surface area contributed by atoms with Crippen LogP contribution in [-0.4, -0.2) is 54.4 Å². The summed E-state index contributed by atoms with van der Waals surface area (Å²) in [6, 6.07) is 2.11. The fourth-order valence-electron chi connectivity index (χ4n) is 9.04. The van der Waals surface area contributed by atoms with E-state index in [0.29, 0.717) is 55.0 Å². The summed E-state index contributed by atoms with van der Waals surface area (Å²) in [5.74, 6) is 2.13. The van der Waals surface area contributed by atoms with E-state index in [4.69, 9.17) is 19.6 Å². The number of nitrogens with two attached hydrogens (primary N) is 1. The molecule has 4 saturated carbocycles. The molecule has 1 aromatic heterocycles. The molecule has 0 saturated heterocycles. The number of hydrogen-bond donors (Lipinski definition) is 3. The van der Waals surface area contributed by atoms with Crippen LogP contribution in [0.4, 0.5) is 0 Å². The molecule has 1 unspecified atom stereocenters. The van der Waals surface area contributed by atoms with Gasteiger partial charge in [0.2, 0.25) is 0 Å². The monoisotopic (exact) mass is 489 g/mol. The van der Waals surface area contributed by atoms with Gasteiger partial charge >= 0.3 is 0 Å². The molecule has 198 valence electrons. The van der Waals surface area contributed by atoms with Crippen molar-refractivity contribution >= 4 is 0 Å². The number of aliphatic hydroxyl groups excluding tert-OH is 1. The molecule has 6 nitrogen and oxygen atoms in total. The summed E-state index contributed by atoms with van der Waals surface area (Å²) in [5, 5.41) is 21.8. The van der Waals surface area contributed by atoms with Crippen molar-refractivity contribution in [2.75, 3.05) is 26.4 Å². The molecule has 4 aliphatic carbocycles. The van der Waals surface area contributed by atoms with Crippen LogP contribution in [0.2, 0.25) is 0 Å². The van der Waals surface area contributed by atoms with Crippen molar-refractivity contribution in [3.05, 3.63) is 24.2 Å². The minimum absolute atomic E-state index is 0.0518. The van der Waals surface area contributed by atoms with Crippen LogP contribution in [0.3, 0.4) is 0 Å². The number of rotatable bonds is 9. The van der Waals surface area contributed by atoms with Gasteiger partial charge in [0.1, 0.15) is 0 Å². The van der Waals surface area contributed by atoms with E-state index in [0.717, 1.165) is 44.9 Å². The molecule has 9 atom stereocenters. The fraction of sp³-hybridized carbons (Fsp3) is 0.862. The van der Waals surface area contributed by atoms with Gasteiger partial charge in [0.05, 0.1) is 36.9 Å². The molecule has 4 aliphatic rings. The third-order valence-corrected chi connectivity index (χ3v) is 11.1. The molecule has 35 heavy (non-hydrogen) atoms. The molecule has 0 aromatic carbocycles. The van der Waals surface area contributed by atoms with E-state index in [1.807, 2.05) is 6.26 Å². The number of fused-ring (bicyclic) bond motifs is 5. The Morgan fingerprint density at radius 3 is 2.71 bits per heavy atom. The van der Waals surface area contributed by atoms with Gasteiger partial charge in [-0.25, -0.2) is 0 Å². The molecule has 0 spiro atoms. The smallest absolute Gasteiger partial charge is 0.0937 e. The van der Waals surface area contributed by atoms with E-state index >= 15 is 0 Å². The molecule has 1 aromatic rings. The zero-order valence-electron chi connectivity index (χ0n) is 21.8. The Labute approximate surface area is 210 Å². The molecule has 1 heterocycles. The van der Waals surface area contributed by atoms with Crippen molar-refractivity contribution in [1.29, 1.82) is 0 Å².